The van der Waals surface area contributed by atoms with Gasteiger partial charge in [-0.15, -0.1) is 0 Å². The molecule has 0 aliphatic heterocycles. The van der Waals surface area contributed by atoms with E-state index in [9.17, 15) is 17.6 Å². The van der Waals surface area contributed by atoms with Crippen LogP contribution in [0.3, 0.4) is 0 Å². The molecule has 1 amide bonds. The van der Waals surface area contributed by atoms with Gasteiger partial charge in [-0.3, -0.25) is 9.10 Å². The quantitative estimate of drug-likeness (QED) is 0.682. The Morgan fingerprint density at radius 3 is 2.43 bits per heavy atom. The number of halogens is 1. The number of benzene rings is 2. The van der Waals surface area contributed by atoms with Crippen molar-refractivity contribution in [1.29, 1.82) is 0 Å². The molecule has 0 aromatic heterocycles. The summed E-state index contributed by atoms with van der Waals surface area (Å²) in [6, 6.07) is 10.1. The number of rotatable bonds is 8. The highest BCUT2D eigenvalue weighted by Gasteiger charge is 2.30. The van der Waals surface area contributed by atoms with E-state index in [4.69, 9.17) is 4.74 Å². The minimum absolute atomic E-state index is 0.173. The predicted octanol–water partition coefficient (Wildman–Crippen LogP) is 2.79. The molecule has 0 heterocycles. The molecule has 152 valence electrons. The molecule has 0 saturated heterocycles. The van der Waals surface area contributed by atoms with Gasteiger partial charge in [-0.2, -0.15) is 0 Å². The lowest BCUT2D eigenvalue weighted by molar-refractivity contribution is -0.121. The van der Waals surface area contributed by atoms with Crippen LogP contribution in [0.5, 0.6) is 5.75 Å². The van der Waals surface area contributed by atoms with Crippen molar-refractivity contribution in [2.75, 3.05) is 23.7 Å². The zero-order chi connectivity index (χ0) is 20.9. The van der Waals surface area contributed by atoms with E-state index < -0.39 is 22.0 Å². The number of aryl methyl sites for hydroxylation is 2. The number of amides is 1. The second kappa shape index (κ2) is 9.05. The zero-order valence-corrected chi connectivity index (χ0v) is 17.2. The van der Waals surface area contributed by atoms with Crippen LogP contribution in [0.25, 0.3) is 0 Å². The standard InChI is InChI=1S/C20H25FN2O4S/c1-14-5-6-15(2)19(13-14)23(28(4,25)26)16(3)20(24)22-11-12-27-18-9-7-17(21)8-10-18/h5-10,13,16H,11-12H2,1-4H3,(H,22,24)/t16-/m1/s1. The molecular formula is C20H25FN2O4S. The summed E-state index contributed by atoms with van der Waals surface area (Å²) in [5, 5.41) is 2.68. The SMILES string of the molecule is Cc1ccc(C)c(N([C@H](C)C(=O)NCCOc2ccc(F)cc2)S(C)(=O)=O)c1. The van der Waals surface area contributed by atoms with Gasteiger partial charge in [0.15, 0.2) is 0 Å². The van der Waals surface area contributed by atoms with Crippen molar-refractivity contribution < 1.29 is 22.3 Å². The Morgan fingerprint density at radius 2 is 1.82 bits per heavy atom. The predicted molar refractivity (Wildman–Crippen MR) is 108 cm³/mol. The summed E-state index contributed by atoms with van der Waals surface area (Å²) < 4.78 is 44.2. The highest BCUT2D eigenvalue weighted by Crippen LogP contribution is 2.26. The Bertz CT molecular complexity index is 930. The summed E-state index contributed by atoms with van der Waals surface area (Å²) in [7, 11) is -3.67. The average molecular weight is 408 g/mol. The highest BCUT2D eigenvalue weighted by atomic mass is 32.2. The molecule has 2 rings (SSSR count). The van der Waals surface area contributed by atoms with Crippen molar-refractivity contribution in [3.8, 4) is 5.75 Å². The van der Waals surface area contributed by atoms with Gasteiger partial charge in [0, 0.05) is 0 Å². The van der Waals surface area contributed by atoms with Crippen LogP contribution in [0.4, 0.5) is 10.1 Å². The minimum atomic E-state index is -3.67. The van der Waals surface area contributed by atoms with Crippen LogP contribution in [0, 0.1) is 19.7 Å². The lowest BCUT2D eigenvalue weighted by Gasteiger charge is -2.29. The maximum absolute atomic E-state index is 12.9. The topological polar surface area (TPSA) is 75.7 Å². The van der Waals surface area contributed by atoms with E-state index in [1.165, 1.54) is 24.3 Å². The number of hydrogen-bond donors (Lipinski definition) is 1. The number of ether oxygens (including phenoxy) is 1. The third-order valence-corrected chi connectivity index (χ3v) is 5.40. The van der Waals surface area contributed by atoms with Crippen molar-refractivity contribution in [2.24, 2.45) is 0 Å². The molecule has 2 aromatic carbocycles. The third-order valence-electron chi connectivity index (χ3n) is 4.17. The largest absolute Gasteiger partial charge is 0.492 e. The Morgan fingerprint density at radius 1 is 1.18 bits per heavy atom. The lowest BCUT2D eigenvalue weighted by Crippen LogP contribution is -2.48. The Hall–Kier alpha value is -2.61. The van der Waals surface area contributed by atoms with Gasteiger partial charge in [0.25, 0.3) is 0 Å². The van der Waals surface area contributed by atoms with Gasteiger partial charge in [0.2, 0.25) is 15.9 Å². The summed E-state index contributed by atoms with van der Waals surface area (Å²) in [6.45, 7) is 5.56. The first kappa shape index (κ1) is 21.7. The summed E-state index contributed by atoms with van der Waals surface area (Å²) in [5.74, 6) is -0.312. The van der Waals surface area contributed by atoms with Gasteiger partial charge in [0.1, 0.15) is 24.2 Å². The average Bonchev–Trinajstić information content (AvgIpc) is 2.62. The van der Waals surface area contributed by atoms with Crippen molar-refractivity contribution in [3.05, 3.63) is 59.4 Å². The highest BCUT2D eigenvalue weighted by molar-refractivity contribution is 7.92. The molecule has 6 nitrogen and oxygen atoms in total. The molecule has 0 fully saturated rings. The monoisotopic (exact) mass is 408 g/mol. The summed E-state index contributed by atoms with van der Waals surface area (Å²) in [5.41, 5.74) is 2.14. The molecule has 28 heavy (non-hydrogen) atoms. The van der Waals surface area contributed by atoms with Gasteiger partial charge in [-0.1, -0.05) is 12.1 Å². The molecule has 0 radical (unpaired) electrons. The zero-order valence-electron chi connectivity index (χ0n) is 16.4. The van der Waals surface area contributed by atoms with Crippen LogP contribution in [0.2, 0.25) is 0 Å². The molecular weight excluding hydrogens is 383 g/mol. The number of nitrogens with zero attached hydrogens (tertiary/aromatic N) is 1. The fraction of sp³-hybridized carbons (Fsp3) is 0.350. The van der Waals surface area contributed by atoms with Crippen molar-refractivity contribution in [3.63, 3.8) is 0 Å². The molecule has 1 atom stereocenters. The van der Waals surface area contributed by atoms with Gasteiger partial charge in [-0.25, -0.2) is 12.8 Å². The van der Waals surface area contributed by atoms with Crippen LogP contribution in [0.15, 0.2) is 42.5 Å². The Labute approximate surface area is 165 Å². The van der Waals surface area contributed by atoms with Crippen LogP contribution in [-0.2, 0) is 14.8 Å². The molecule has 0 aliphatic rings. The first-order chi connectivity index (χ1) is 13.1. The van der Waals surface area contributed by atoms with Crippen LogP contribution in [0.1, 0.15) is 18.1 Å². The maximum Gasteiger partial charge on any atom is 0.243 e. The summed E-state index contributed by atoms with van der Waals surface area (Å²) in [6.07, 6.45) is 1.08. The van der Waals surface area contributed by atoms with Gasteiger partial charge >= 0.3 is 0 Å². The summed E-state index contributed by atoms with van der Waals surface area (Å²) in [4.78, 5) is 12.5. The number of carbonyl (C=O) groups is 1. The second-order valence-corrected chi connectivity index (χ2v) is 8.48. The lowest BCUT2D eigenvalue weighted by atomic mass is 10.1. The van der Waals surface area contributed by atoms with Gasteiger partial charge < -0.3 is 10.1 Å². The Kier molecular flexibility index (Phi) is 7.01. The van der Waals surface area contributed by atoms with E-state index in [2.05, 4.69) is 5.32 Å². The van der Waals surface area contributed by atoms with Crippen LogP contribution >= 0.6 is 0 Å². The molecule has 2 aromatic rings. The van der Waals surface area contributed by atoms with E-state index in [0.717, 1.165) is 21.7 Å². The van der Waals surface area contributed by atoms with Crippen LogP contribution in [-0.4, -0.2) is 39.8 Å². The first-order valence-corrected chi connectivity index (χ1v) is 10.7. The normalized spacial score (nSPS) is 12.3. The smallest absolute Gasteiger partial charge is 0.243 e. The third kappa shape index (κ3) is 5.69. The van der Waals surface area contributed by atoms with E-state index in [-0.39, 0.29) is 19.0 Å². The van der Waals surface area contributed by atoms with E-state index in [1.54, 1.807) is 19.9 Å². The first-order valence-electron chi connectivity index (χ1n) is 8.82. The van der Waals surface area contributed by atoms with Crippen LogP contribution < -0.4 is 14.4 Å². The molecule has 0 bridgehead atoms. The van der Waals surface area contributed by atoms with Crippen molar-refractivity contribution in [2.45, 2.75) is 26.8 Å². The number of carbonyl (C=O) groups excluding carboxylic acids is 1. The van der Waals surface area contributed by atoms with Crippen molar-refractivity contribution in [1.82, 2.24) is 5.32 Å². The van der Waals surface area contributed by atoms with Gasteiger partial charge in [0.05, 0.1) is 18.5 Å². The van der Waals surface area contributed by atoms with E-state index in [1.807, 2.05) is 19.1 Å². The maximum atomic E-state index is 12.9. The number of hydrogen-bond acceptors (Lipinski definition) is 4. The molecule has 1 N–H and O–H groups in total. The number of sulfonamides is 1. The van der Waals surface area contributed by atoms with Gasteiger partial charge in [-0.05, 0) is 62.2 Å². The fourth-order valence-electron chi connectivity index (χ4n) is 2.76. The minimum Gasteiger partial charge on any atom is -0.492 e. The number of anilines is 1. The fourth-order valence-corrected chi connectivity index (χ4v) is 3.98. The molecule has 8 heteroatoms. The van der Waals surface area contributed by atoms with E-state index in [0.29, 0.717) is 11.4 Å². The second-order valence-electron chi connectivity index (χ2n) is 6.62. The molecule has 0 saturated carbocycles. The Balaban J connectivity index is 2.03. The molecule has 0 spiro atoms. The van der Waals surface area contributed by atoms with E-state index >= 15 is 0 Å². The molecule has 0 aliphatic carbocycles. The summed E-state index contributed by atoms with van der Waals surface area (Å²) >= 11 is 0. The van der Waals surface area contributed by atoms with Crippen molar-refractivity contribution >= 4 is 21.6 Å². The number of nitrogens with one attached hydrogen (secondary N) is 1. The molecule has 0 unspecified atom stereocenters.